The van der Waals surface area contributed by atoms with Gasteiger partial charge in [-0.15, -0.1) is 11.3 Å². The van der Waals surface area contributed by atoms with E-state index in [0.29, 0.717) is 17.4 Å². The lowest BCUT2D eigenvalue weighted by Gasteiger charge is -2.19. The molecule has 0 radical (unpaired) electrons. The average Bonchev–Trinajstić information content (AvgIpc) is 2.42. The molecule has 0 aromatic carbocycles. The number of alkyl halides is 3. The molecule has 0 saturated heterocycles. The summed E-state index contributed by atoms with van der Waals surface area (Å²) >= 11 is 0.328. The van der Waals surface area contributed by atoms with Crippen molar-refractivity contribution in [2.75, 3.05) is 5.73 Å². The van der Waals surface area contributed by atoms with Crippen LogP contribution in [0.4, 0.5) is 18.2 Å². The predicted molar refractivity (Wildman–Crippen MR) is 58.9 cm³/mol. The number of halogens is 3. The van der Waals surface area contributed by atoms with Gasteiger partial charge >= 0.3 is 12.1 Å². The second kappa shape index (κ2) is 4.21. The number of rotatable bonds is 1. The molecular weight excluding hydrogens is 255 g/mol. The maximum Gasteiger partial charge on any atom is 0.425 e. The quantitative estimate of drug-likeness (QED) is 0.794. The lowest BCUT2D eigenvalue weighted by atomic mass is 10.2. The third kappa shape index (κ3) is 3.62. The van der Waals surface area contributed by atoms with Gasteiger partial charge in [-0.25, -0.2) is 4.79 Å². The van der Waals surface area contributed by atoms with Crippen molar-refractivity contribution in [2.45, 2.75) is 32.5 Å². The molecule has 0 fully saturated rings. The SMILES string of the molecule is CC(C)(C)OC(=O)c1cc(C(F)(F)F)sc1N. The molecule has 0 spiro atoms. The van der Waals surface area contributed by atoms with Gasteiger partial charge in [0.2, 0.25) is 0 Å². The van der Waals surface area contributed by atoms with E-state index in [1.54, 1.807) is 20.8 Å². The molecule has 0 bridgehead atoms. The van der Waals surface area contributed by atoms with E-state index in [4.69, 9.17) is 10.5 Å². The third-order valence-electron chi connectivity index (χ3n) is 1.66. The molecule has 2 N–H and O–H groups in total. The van der Waals surface area contributed by atoms with Gasteiger partial charge in [-0.3, -0.25) is 0 Å². The number of esters is 1. The van der Waals surface area contributed by atoms with Crippen molar-refractivity contribution in [1.82, 2.24) is 0 Å². The maximum atomic E-state index is 12.4. The Morgan fingerprint density at radius 2 is 1.88 bits per heavy atom. The van der Waals surface area contributed by atoms with Crippen LogP contribution in [0.2, 0.25) is 0 Å². The number of hydrogen-bond acceptors (Lipinski definition) is 4. The molecule has 0 unspecified atom stereocenters. The fourth-order valence-electron chi connectivity index (χ4n) is 1.04. The number of anilines is 1. The van der Waals surface area contributed by atoms with Crippen LogP contribution < -0.4 is 5.73 Å². The fraction of sp³-hybridized carbons (Fsp3) is 0.500. The lowest BCUT2D eigenvalue weighted by molar-refractivity contribution is -0.134. The summed E-state index contributed by atoms with van der Waals surface area (Å²) in [6, 6.07) is 0.716. The molecule has 1 rings (SSSR count). The van der Waals surface area contributed by atoms with Gasteiger partial charge in [0.05, 0.1) is 5.56 Å². The molecule has 0 atom stereocenters. The molecule has 0 aliphatic heterocycles. The monoisotopic (exact) mass is 267 g/mol. The number of nitrogen functional groups attached to an aromatic ring is 1. The molecule has 1 heterocycles. The van der Waals surface area contributed by atoms with Crippen molar-refractivity contribution < 1.29 is 22.7 Å². The minimum Gasteiger partial charge on any atom is -0.456 e. The molecule has 0 aliphatic rings. The van der Waals surface area contributed by atoms with Crippen LogP contribution in [0.15, 0.2) is 6.07 Å². The zero-order valence-corrected chi connectivity index (χ0v) is 10.3. The van der Waals surface area contributed by atoms with Crippen LogP contribution in [0, 0.1) is 0 Å². The first-order valence-electron chi connectivity index (χ1n) is 4.70. The number of carbonyl (C=O) groups is 1. The van der Waals surface area contributed by atoms with Crippen molar-refractivity contribution in [1.29, 1.82) is 0 Å². The summed E-state index contributed by atoms with van der Waals surface area (Å²) < 4.78 is 42.1. The van der Waals surface area contributed by atoms with E-state index in [-0.39, 0.29) is 10.6 Å². The van der Waals surface area contributed by atoms with Gasteiger partial charge in [0.15, 0.2) is 0 Å². The highest BCUT2D eigenvalue weighted by Crippen LogP contribution is 2.38. The molecule has 1 aromatic heterocycles. The van der Waals surface area contributed by atoms with E-state index >= 15 is 0 Å². The highest BCUT2D eigenvalue weighted by Gasteiger charge is 2.35. The normalized spacial score (nSPS) is 12.6. The number of nitrogens with two attached hydrogens (primary N) is 1. The molecule has 0 saturated carbocycles. The molecular formula is C10H12F3NO2S. The number of ether oxygens (including phenoxy) is 1. The van der Waals surface area contributed by atoms with Crippen LogP contribution >= 0.6 is 11.3 Å². The van der Waals surface area contributed by atoms with E-state index in [2.05, 4.69) is 0 Å². The zero-order valence-electron chi connectivity index (χ0n) is 9.51. The van der Waals surface area contributed by atoms with Crippen molar-refractivity contribution >= 4 is 22.3 Å². The molecule has 0 aliphatic carbocycles. The van der Waals surface area contributed by atoms with E-state index in [9.17, 15) is 18.0 Å². The van der Waals surface area contributed by atoms with Gasteiger partial charge in [0, 0.05) is 0 Å². The summed E-state index contributed by atoms with van der Waals surface area (Å²) in [5.41, 5.74) is 4.36. The van der Waals surface area contributed by atoms with Crippen LogP contribution in [-0.2, 0) is 10.9 Å². The molecule has 3 nitrogen and oxygen atoms in total. The van der Waals surface area contributed by atoms with Crippen LogP contribution in [0.25, 0.3) is 0 Å². The first-order chi connectivity index (χ1) is 7.50. The fourth-order valence-corrected chi connectivity index (χ4v) is 1.82. The minimum atomic E-state index is -4.50. The molecule has 96 valence electrons. The van der Waals surface area contributed by atoms with Gasteiger partial charge < -0.3 is 10.5 Å². The Hall–Kier alpha value is -1.24. The Labute approximate surface area is 100 Å². The highest BCUT2D eigenvalue weighted by atomic mass is 32.1. The predicted octanol–water partition coefficient (Wildman–Crippen LogP) is 3.30. The lowest BCUT2D eigenvalue weighted by Crippen LogP contribution is -2.24. The van der Waals surface area contributed by atoms with Crippen molar-refractivity contribution in [3.05, 3.63) is 16.5 Å². The first kappa shape index (κ1) is 13.8. The Morgan fingerprint density at radius 3 is 2.24 bits per heavy atom. The second-order valence-corrected chi connectivity index (χ2v) is 5.47. The van der Waals surface area contributed by atoms with E-state index in [1.807, 2.05) is 0 Å². The van der Waals surface area contributed by atoms with E-state index in [1.165, 1.54) is 0 Å². The van der Waals surface area contributed by atoms with E-state index in [0.717, 1.165) is 0 Å². The van der Waals surface area contributed by atoms with Crippen LogP contribution in [-0.4, -0.2) is 11.6 Å². The van der Waals surface area contributed by atoms with Gasteiger partial charge in [-0.05, 0) is 26.8 Å². The number of thiophene rings is 1. The van der Waals surface area contributed by atoms with Gasteiger partial charge in [0.1, 0.15) is 15.5 Å². The topological polar surface area (TPSA) is 52.3 Å². The Balaban J connectivity index is 3.00. The minimum absolute atomic E-state index is 0.188. The first-order valence-corrected chi connectivity index (χ1v) is 5.52. The summed E-state index contributed by atoms with van der Waals surface area (Å²) in [6.07, 6.45) is -4.50. The van der Waals surface area contributed by atoms with E-state index < -0.39 is 22.6 Å². The Morgan fingerprint density at radius 1 is 1.35 bits per heavy atom. The molecule has 1 aromatic rings. The highest BCUT2D eigenvalue weighted by molar-refractivity contribution is 7.16. The summed E-state index contributed by atoms with van der Waals surface area (Å²) in [7, 11) is 0. The standard InChI is InChI=1S/C10H12F3NO2S/c1-9(2,3)16-8(15)5-4-6(10(11,12)13)17-7(5)14/h4H,14H2,1-3H3. The van der Waals surface area contributed by atoms with Crippen molar-refractivity contribution in [3.63, 3.8) is 0 Å². The summed E-state index contributed by atoms with van der Waals surface area (Å²) in [5.74, 6) is -0.846. The van der Waals surface area contributed by atoms with Crippen LogP contribution in [0.3, 0.4) is 0 Å². The van der Waals surface area contributed by atoms with Gasteiger partial charge in [0.25, 0.3) is 0 Å². The molecule has 17 heavy (non-hydrogen) atoms. The summed E-state index contributed by atoms with van der Waals surface area (Å²) in [4.78, 5) is 10.7. The van der Waals surface area contributed by atoms with Crippen molar-refractivity contribution in [3.8, 4) is 0 Å². The Kier molecular flexibility index (Phi) is 3.42. The summed E-state index contributed by atoms with van der Waals surface area (Å²) in [6.45, 7) is 4.87. The third-order valence-corrected chi connectivity index (χ3v) is 2.67. The molecule has 7 heteroatoms. The van der Waals surface area contributed by atoms with Crippen LogP contribution in [0.5, 0.6) is 0 Å². The largest absolute Gasteiger partial charge is 0.456 e. The Bertz CT molecular complexity index is 432. The zero-order chi connectivity index (χ0) is 13.4. The van der Waals surface area contributed by atoms with Gasteiger partial charge in [-0.1, -0.05) is 0 Å². The average molecular weight is 267 g/mol. The number of hydrogen-bond donors (Lipinski definition) is 1. The van der Waals surface area contributed by atoms with Gasteiger partial charge in [-0.2, -0.15) is 13.2 Å². The second-order valence-electron chi connectivity index (χ2n) is 4.39. The maximum absolute atomic E-state index is 12.4. The summed E-state index contributed by atoms with van der Waals surface area (Å²) in [5, 5.41) is -0.188. The molecule has 0 amide bonds. The van der Waals surface area contributed by atoms with Crippen LogP contribution in [0.1, 0.15) is 36.0 Å². The van der Waals surface area contributed by atoms with Crippen molar-refractivity contribution in [2.24, 2.45) is 0 Å². The smallest absolute Gasteiger partial charge is 0.425 e. The number of carbonyl (C=O) groups excluding carboxylic acids is 1.